The quantitative estimate of drug-likeness (QED) is 0.760. The Kier molecular flexibility index (Phi) is 3.62. The first-order chi connectivity index (χ1) is 7.27. The van der Waals surface area contributed by atoms with Gasteiger partial charge in [0.25, 0.3) is 0 Å². The van der Waals surface area contributed by atoms with Crippen molar-refractivity contribution in [3.63, 3.8) is 0 Å². The lowest BCUT2D eigenvalue weighted by Gasteiger charge is -2.30. The van der Waals surface area contributed by atoms with Crippen LogP contribution in [0.15, 0.2) is 0 Å². The largest absolute Gasteiger partial charge is 0.345 e. The Morgan fingerprint density at radius 2 is 2.00 bits per heavy atom. The van der Waals surface area contributed by atoms with Crippen LogP contribution < -0.4 is 5.32 Å². The molecule has 1 saturated carbocycles. The van der Waals surface area contributed by atoms with Gasteiger partial charge in [0.1, 0.15) is 0 Å². The summed E-state index contributed by atoms with van der Waals surface area (Å²) >= 11 is 0. The van der Waals surface area contributed by atoms with Crippen molar-refractivity contribution >= 4 is 5.91 Å². The normalized spacial score (nSPS) is 26.3. The predicted octanol–water partition coefficient (Wildman–Crippen LogP) is 1.39. The highest BCUT2D eigenvalue weighted by Gasteiger charge is 2.26. The highest BCUT2D eigenvalue weighted by atomic mass is 16.2. The zero-order chi connectivity index (χ0) is 10.7. The van der Waals surface area contributed by atoms with Gasteiger partial charge in [-0.25, -0.2) is 0 Å². The third-order valence-electron chi connectivity index (χ3n) is 3.82. The molecular weight excluding hydrogens is 188 g/mol. The summed E-state index contributed by atoms with van der Waals surface area (Å²) in [6.45, 7) is 2.08. The predicted molar refractivity (Wildman–Crippen MR) is 60.6 cm³/mol. The average molecular weight is 210 g/mol. The first-order valence-corrected chi connectivity index (χ1v) is 6.26. The van der Waals surface area contributed by atoms with E-state index in [0.717, 1.165) is 32.4 Å². The van der Waals surface area contributed by atoms with Crippen molar-refractivity contribution in [2.75, 3.05) is 20.1 Å². The van der Waals surface area contributed by atoms with Crippen LogP contribution in [0.3, 0.4) is 0 Å². The van der Waals surface area contributed by atoms with Gasteiger partial charge in [-0.1, -0.05) is 12.8 Å². The molecule has 1 aliphatic heterocycles. The molecule has 1 atom stereocenters. The molecule has 2 fully saturated rings. The summed E-state index contributed by atoms with van der Waals surface area (Å²) in [6.07, 6.45) is 7.12. The van der Waals surface area contributed by atoms with Crippen LogP contribution in [-0.2, 0) is 4.79 Å². The molecule has 86 valence electrons. The van der Waals surface area contributed by atoms with Crippen LogP contribution >= 0.6 is 0 Å². The molecule has 0 aromatic heterocycles. The smallest absolute Gasteiger partial charge is 0.225 e. The van der Waals surface area contributed by atoms with E-state index in [2.05, 4.69) is 5.32 Å². The molecule has 1 saturated heterocycles. The van der Waals surface area contributed by atoms with Crippen molar-refractivity contribution in [3.05, 3.63) is 0 Å². The summed E-state index contributed by atoms with van der Waals surface area (Å²) in [5.74, 6) is 0.719. The molecule has 1 heterocycles. The minimum Gasteiger partial charge on any atom is -0.345 e. The second-order valence-corrected chi connectivity index (χ2v) is 4.97. The van der Waals surface area contributed by atoms with E-state index in [1.807, 2.05) is 11.9 Å². The number of hydrogen-bond acceptors (Lipinski definition) is 2. The molecule has 0 bridgehead atoms. The van der Waals surface area contributed by atoms with E-state index in [9.17, 15) is 4.79 Å². The zero-order valence-corrected chi connectivity index (χ0v) is 9.67. The molecule has 0 radical (unpaired) electrons. The average Bonchev–Trinajstić information content (AvgIpc) is 2.66. The Morgan fingerprint density at radius 3 is 2.53 bits per heavy atom. The molecule has 0 aromatic carbocycles. The van der Waals surface area contributed by atoms with Gasteiger partial charge in [0.2, 0.25) is 5.91 Å². The van der Waals surface area contributed by atoms with Gasteiger partial charge in [-0.05, 0) is 32.2 Å². The van der Waals surface area contributed by atoms with Gasteiger partial charge in [-0.15, -0.1) is 0 Å². The lowest BCUT2D eigenvalue weighted by molar-refractivity contribution is -0.134. The Morgan fingerprint density at radius 1 is 1.33 bits per heavy atom. The summed E-state index contributed by atoms with van der Waals surface area (Å²) in [4.78, 5) is 13.9. The van der Waals surface area contributed by atoms with Crippen molar-refractivity contribution in [1.82, 2.24) is 10.2 Å². The van der Waals surface area contributed by atoms with Crippen molar-refractivity contribution in [1.29, 1.82) is 0 Å². The highest BCUT2D eigenvalue weighted by Crippen LogP contribution is 2.26. The summed E-state index contributed by atoms with van der Waals surface area (Å²) < 4.78 is 0. The Balaban J connectivity index is 1.68. The third-order valence-corrected chi connectivity index (χ3v) is 3.82. The fraction of sp³-hybridized carbons (Fsp3) is 0.917. The molecule has 0 spiro atoms. The molecule has 1 unspecified atom stereocenters. The summed E-state index contributed by atoms with van der Waals surface area (Å²) in [5.41, 5.74) is 0. The maximum Gasteiger partial charge on any atom is 0.225 e. The number of rotatable bonds is 4. The molecule has 1 N–H and O–H groups in total. The van der Waals surface area contributed by atoms with Crippen molar-refractivity contribution in [2.45, 2.75) is 44.6 Å². The molecular formula is C12H22N2O. The van der Waals surface area contributed by atoms with Gasteiger partial charge in [-0.2, -0.15) is 0 Å². The second kappa shape index (κ2) is 4.97. The van der Waals surface area contributed by atoms with Gasteiger partial charge in [0, 0.05) is 25.6 Å². The Bertz CT molecular complexity index is 220. The number of carbonyl (C=O) groups is 1. The minimum absolute atomic E-state index is 0.337. The Hall–Kier alpha value is -0.570. The van der Waals surface area contributed by atoms with E-state index in [4.69, 9.17) is 0 Å². The molecule has 3 nitrogen and oxygen atoms in total. The number of hydrogen-bond donors (Lipinski definition) is 1. The number of nitrogens with zero attached hydrogens (tertiary/aromatic N) is 1. The summed E-state index contributed by atoms with van der Waals surface area (Å²) in [5, 5.41) is 3.37. The molecule has 1 amide bonds. The first kappa shape index (κ1) is 10.9. The van der Waals surface area contributed by atoms with E-state index in [-0.39, 0.29) is 0 Å². The van der Waals surface area contributed by atoms with Crippen LogP contribution in [0.4, 0.5) is 0 Å². The van der Waals surface area contributed by atoms with E-state index in [1.165, 1.54) is 19.3 Å². The standard InChI is InChI=1S/C12H22N2O/c1-14(9-7-11-6-8-13-11)12(15)10-4-2-3-5-10/h10-11,13H,2-9H2,1H3. The SMILES string of the molecule is CN(CCC1CCN1)C(=O)C1CCCC1. The van der Waals surface area contributed by atoms with E-state index < -0.39 is 0 Å². The van der Waals surface area contributed by atoms with Crippen LogP contribution in [0, 0.1) is 5.92 Å². The van der Waals surface area contributed by atoms with Gasteiger partial charge in [0.05, 0.1) is 0 Å². The van der Waals surface area contributed by atoms with Crippen LogP contribution in [0.1, 0.15) is 38.5 Å². The molecule has 3 heteroatoms. The van der Waals surface area contributed by atoms with Crippen LogP contribution in [0.2, 0.25) is 0 Å². The molecule has 1 aliphatic carbocycles. The van der Waals surface area contributed by atoms with Crippen molar-refractivity contribution in [3.8, 4) is 0 Å². The van der Waals surface area contributed by atoms with Crippen LogP contribution in [-0.4, -0.2) is 37.0 Å². The fourth-order valence-electron chi connectivity index (χ4n) is 2.54. The maximum absolute atomic E-state index is 12.0. The lowest BCUT2D eigenvalue weighted by atomic mass is 10.0. The number of amides is 1. The molecule has 2 rings (SSSR count). The Labute approximate surface area is 92.2 Å². The van der Waals surface area contributed by atoms with Gasteiger partial charge < -0.3 is 10.2 Å². The third kappa shape index (κ3) is 2.71. The molecule has 2 aliphatic rings. The highest BCUT2D eigenvalue weighted by molar-refractivity contribution is 5.78. The summed E-state index contributed by atoms with van der Waals surface area (Å²) in [6, 6.07) is 0.670. The fourth-order valence-corrected chi connectivity index (χ4v) is 2.54. The zero-order valence-electron chi connectivity index (χ0n) is 9.67. The lowest BCUT2D eigenvalue weighted by Crippen LogP contribution is -2.45. The van der Waals surface area contributed by atoms with Crippen LogP contribution in [0.25, 0.3) is 0 Å². The first-order valence-electron chi connectivity index (χ1n) is 6.26. The summed E-state index contributed by atoms with van der Waals surface area (Å²) in [7, 11) is 1.96. The van der Waals surface area contributed by atoms with E-state index in [0.29, 0.717) is 17.9 Å². The topological polar surface area (TPSA) is 32.3 Å². The van der Waals surface area contributed by atoms with E-state index >= 15 is 0 Å². The second-order valence-electron chi connectivity index (χ2n) is 4.97. The maximum atomic E-state index is 12.0. The van der Waals surface area contributed by atoms with E-state index in [1.54, 1.807) is 0 Å². The van der Waals surface area contributed by atoms with Gasteiger partial charge in [0.15, 0.2) is 0 Å². The number of carbonyl (C=O) groups excluding carboxylic acids is 1. The molecule has 15 heavy (non-hydrogen) atoms. The monoisotopic (exact) mass is 210 g/mol. The molecule has 0 aromatic rings. The van der Waals surface area contributed by atoms with Crippen molar-refractivity contribution < 1.29 is 4.79 Å². The van der Waals surface area contributed by atoms with Gasteiger partial charge >= 0.3 is 0 Å². The number of nitrogens with one attached hydrogen (secondary N) is 1. The van der Waals surface area contributed by atoms with Crippen LogP contribution in [0.5, 0.6) is 0 Å². The van der Waals surface area contributed by atoms with Gasteiger partial charge in [-0.3, -0.25) is 4.79 Å². The van der Waals surface area contributed by atoms with Crippen molar-refractivity contribution in [2.24, 2.45) is 5.92 Å². The minimum atomic E-state index is 0.337.